The molecule has 1 unspecified atom stereocenters. The molecule has 1 aromatic rings. The van der Waals surface area contributed by atoms with Gasteiger partial charge in [0.05, 0.1) is 4.92 Å². The number of rotatable bonds is 4. The number of oxime groups is 1. The third kappa shape index (κ3) is 3.04. The zero-order chi connectivity index (χ0) is 13.9. The van der Waals surface area contributed by atoms with E-state index in [1.54, 1.807) is 0 Å². The maximum Gasteiger partial charge on any atom is 0.270 e. The lowest BCUT2D eigenvalue weighted by molar-refractivity contribution is -0.384. The van der Waals surface area contributed by atoms with Crippen LogP contribution in [0.4, 0.5) is 5.69 Å². The van der Waals surface area contributed by atoms with Crippen molar-refractivity contribution < 1.29 is 18.5 Å². The van der Waals surface area contributed by atoms with Gasteiger partial charge >= 0.3 is 0 Å². The molecule has 18 heavy (non-hydrogen) atoms. The van der Waals surface area contributed by atoms with Crippen molar-refractivity contribution in [1.29, 1.82) is 0 Å². The molecule has 0 amide bonds. The molecule has 0 aliphatic carbocycles. The summed E-state index contributed by atoms with van der Waals surface area (Å²) in [5.41, 5.74) is -0.125. The van der Waals surface area contributed by atoms with Gasteiger partial charge in [-0.3, -0.25) is 10.1 Å². The van der Waals surface area contributed by atoms with Gasteiger partial charge in [0.25, 0.3) is 5.69 Å². The van der Waals surface area contributed by atoms with E-state index < -0.39 is 20.0 Å². The van der Waals surface area contributed by atoms with Gasteiger partial charge in [-0.1, -0.05) is 17.3 Å². The van der Waals surface area contributed by atoms with E-state index in [0.29, 0.717) is 0 Å². The van der Waals surface area contributed by atoms with E-state index in [1.165, 1.54) is 25.1 Å². The van der Waals surface area contributed by atoms with Crippen LogP contribution in [0, 0.1) is 10.1 Å². The first-order valence-electron chi connectivity index (χ1n) is 4.93. The molecule has 0 radical (unpaired) electrons. The van der Waals surface area contributed by atoms with Crippen LogP contribution in [0.25, 0.3) is 0 Å². The van der Waals surface area contributed by atoms with Crippen molar-refractivity contribution in [2.24, 2.45) is 5.16 Å². The number of nitrogens with zero attached hydrogens (tertiary/aromatic N) is 2. The molecule has 0 saturated carbocycles. The number of benzene rings is 1. The van der Waals surface area contributed by atoms with Gasteiger partial charge in [0.2, 0.25) is 0 Å². The van der Waals surface area contributed by atoms with E-state index >= 15 is 0 Å². The predicted molar refractivity (Wildman–Crippen MR) is 65.7 cm³/mol. The van der Waals surface area contributed by atoms with Crippen LogP contribution in [-0.4, -0.2) is 35.8 Å². The fourth-order valence-corrected chi connectivity index (χ4v) is 1.94. The van der Waals surface area contributed by atoms with Gasteiger partial charge in [-0.25, -0.2) is 8.42 Å². The summed E-state index contributed by atoms with van der Waals surface area (Å²) in [5, 5.41) is 21.4. The molecule has 1 atom stereocenters. The van der Waals surface area contributed by atoms with Crippen LogP contribution in [0.1, 0.15) is 12.5 Å². The van der Waals surface area contributed by atoms with Crippen LogP contribution in [0.15, 0.2) is 29.4 Å². The van der Waals surface area contributed by atoms with E-state index in [0.717, 1.165) is 12.3 Å². The van der Waals surface area contributed by atoms with Crippen LogP contribution in [-0.2, 0) is 9.84 Å². The highest BCUT2D eigenvalue weighted by molar-refractivity contribution is 7.92. The summed E-state index contributed by atoms with van der Waals surface area (Å²) >= 11 is 0. The maximum absolute atomic E-state index is 11.4. The molecule has 0 aliphatic rings. The molecule has 0 heterocycles. The SMILES string of the molecule is CC(C(=NO)c1cccc([N+](=O)[O-])c1)S(C)(=O)=O. The summed E-state index contributed by atoms with van der Waals surface area (Å²) in [6.07, 6.45) is 1.00. The van der Waals surface area contributed by atoms with Gasteiger partial charge in [0, 0.05) is 24.0 Å². The topological polar surface area (TPSA) is 110 Å². The quantitative estimate of drug-likeness (QED) is 0.383. The standard InChI is InChI=1S/C10H12N2O5S/c1-7(18(2,16)17)10(11-13)8-4-3-5-9(6-8)12(14)15/h3-7,13H,1-2H3. The average molecular weight is 272 g/mol. The zero-order valence-corrected chi connectivity index (χ0v) is 10.6. The molecule has 0 saturated heterocycles. The number of hydrogen-bond donors (Lipinski definition) is 1. The molecule has 98 valence electrons. The highest BCUT2D eigenvalue weighted by Crippen LogP contribution is 2.17. The van der Waals surface area contributed by atoms with Crippen molar-refractivity contribution >= 4 is 21.2 Å². The number of non-ortho nitro benzene ring substituents is 1. The van der Waals surface area contributed by atoms with Gasteiger partial charge in [-0.15, -0.1) is 0 Å². The van der Waals surface area contributed by atoms with Gasteiger partial charge in [0.15, 0.2) is 9.84 Å². The first kappa shape index (κ1) is 14.1. The Balaban J connectivity index is 3.27. The normalized spacial score (nSPS) is 14.2. The van der Waals surface area contributed by atoms with E-state index in [1.807, 2.05) is 0 Å². The van der Waals surface area contributed by atoms with Crippen LogP contribution < -0.4 is 0 Å². The smallest absolute Gasteiger partial charge is 0.270 e. The Morgan fingerprint density at radius 1 is 1.50 bits per heavy atom. The van der Waals surface area contributed by atoms with E-state index in [-0.39, 0.29) is 17.0 Å². The van der Waals surface area contributed by atoms with Crippen LogP contribution in [0.3, 0.4) is 0 Å². The minimum atomic E-state index is -3.46. The van der Waals surface area contributed by atoms with Crippen molar-refractivity contribution in [3.05, 3.63) is 39.9 Å². The molecule has 1 N–H and O–H groups in total. The molecule has 1 aromatic carbocycles. The lowest BCUT2D eigenvalue weighted by Gasteiger charge is -2.11. The third-order valence-corrected chi connectivity index (χ3v) is 4.00. The Morgan fingerprint density at radius 2 is 2.11 bits per heavy atom. The van der Waals surface area contributed by atoms with Crippen LogP contribution >= 0.6 is 0 Å². The molecule has 8 heteroatoms. The van der Waals surface area contributed by atoms with Crippen molar-refractivity contribution in [2.45, 2.75) is 12.2 Å². The molecular formula is C10H12N2O5S. The molecule has 0 spiro atoms. The van der Waals surface area contributed by atoms with Gasteiger partial charge in [-0.05, 0) is 6.92 Å². The van der Waals surface area contributed by atoms with Crippen molar-refractivity contribution in [2.75, 3.05) is 6.26 Å². The number of sulfone groups is 1. The molecule has 7 nitrogen and oxygen atoms in total. The lowest BCUT2D eigenvalue weighted by atomic mass is 10.1. The zero-order valence-electron chi connectivity index (χ0n) is 9.77. The number of nitro groups is 1. The van der Waals surface area contributed by atoms with Crippen LogP contribution in [0.5, 0.6) is 0 Å². The van der Waals surface area contributed by atoms with E-state index in [4.69, 9.17) is 5.21 Å². The molecule has 0 aliphatic heterocycles. The Labute approximate surface area is 104 Å². The Morgan fingerprint density at radius 3 is 2.56 bits per heavy atom. The molecular weight excluding hydrogens is 260 g/mol. The van der Waals surface area contributed by atoms with Crippen molar-refractivity contribution in [3.8, 4) is 0 Å². The summed E-state index contributed by atoms with van der Waals surface area (Å²) in [4.78, 5) is 10.0. The van der Waals surface area contributed by atoms with Crippen LogP contribution in [0.2, 0.25) is 0 Å². The Hall–Kier alpha value is -1.96. The Bertz CT molecular complexity index is 594. The second kappa shape index (κ2) is 5.13. The summed E-state index contributed by atoms with van der Waals surface area (Å²) in [5.74, 6) is 0. The largest absolute Gasteiger partial charge is 0.411 e. The molecule has 0 aromatic heterocycles. The first-order valence-corrected chi connectivity index (χ1v) is 6.88. The highest BCUT2D eigenvalue weighted by atomic mass is 32.2. The fourth-order valence-electron chi connectivity index (χ4n) is 1.36. The molecule has 0 fully saturated rings. The number of hydrogen-bond acceptors (Lipinski definition) is 6. The summed E-state index contributed by atoms with van der Waals surface area (Å²) in [6.45, 7) is 1.35. The summed E-state index contributed by atoms with van der Waals surface area (Å²) < 4.78 is 22.8. The first-order chi connectivity index (χ1) is 8.27. The fraction of sp³-hybridized carbons (Fsp3) is 0.300. The van der Waals surface area contributed by atoms with Crippen molar-refractivity contribution in [3.63, 3.8) is 0 Å². The monoisotopic (exact) mass is 272 g/mol. The maximum atomic E-state index is 11.4. The average Bonchev–Trinajstić information content (AvgIpc) is 2.29. The van der Waals surface area contributed by atoms with Gasteiger partial charge in [-0.2, -0.15) is 0 Å². The minimum Gasteiger partial charge on any atom is -0.411 e. The Kier molecular flexibility index (Phi) is 4.02. The lowest BCUT2D eigenvalue weighted by Crippen LogP contribution is -2.27. The van der Waals surface area contributed by atoms with E-state index in [2.05, 4.69) is 5.16 Å². The third-order valence-electron chi connectivity index (χ3n) is 2.49. The summed E-state index contributed by atoms with van der Waals surface area (Å²) in [6, 6.07) is 5.28. The minimum absolute atomic E-state index is 0.124. The molecule has 0 bridgehead atoms. The predicted octanol–water partition coefficient (Wildman–Crippen LogP) is 1.21. The second-order valence-corrected chi connectivity index (χ2v) is 6.13. The van der Waals surface area contributed by atoms with E-state index in [9.17, 15) is 18.5 Å². The second-order valence-electron chi connectivity index (χ2n) is 3.76. The van der Waals surface area contributed by atoms with Gasteiger partial charge < -0.3 is 5.21 Å². The number of nitro benzene ring substituents is 1. The highest BCUT2D eigenvalue weighted by Gasteiger charge is 2.24. The summed E-state index contributed by atoms with van der Waals surface area (Å²) in [7, 11) is -3.46. The molecule has 1 rings (SSSR count). The van der Waals surface area contributed by atoms with Crippen molar-refractivity contribution in [1.82, 2.24) is 0 Å². The van der Waals surface area contributed by atoms with Gasteiger partial charge in [0.1, 0.15) is 11.0 Å².